The molecule has 0 saturated heterocycles. The van der Waals surface area contributed by atoms with Gasteiger partial charge in [0, 0.05) is 18.8 Å². The van der Waals surface area contributed by atoms with Gasteiger partial charge in [0.25, 0.3) is 5.91 Å². The zero-order chi connectivity index (χ0) is 19.2. The number of carbonyl (C=O) groups is 2. The maximum atomic E-state index is 12.2. The van der Waals surface area contributed by atoms with E-state index in [2.05, 4.69) is 5.32 Å². The first-order valence-electron chi connectivity index (χ1n) is 8.36. The van der Waals surface area contributed by atoms with Crippen molar-refractivity contribution in [1.29, 1.82) is 0 Å². The summed E-state index contributed by atoms with van der Waals surface area (Å²) in [4.78, 5) is 25.8. The Labute approximate surface area is 154 Å². The molecular weight excluding hydrogens is 342 g/mol. The highest BCUT2D eigenvalue weighted by atomic mass is 35.5. The van der Waals surface area contributed by atoms with Crippen LogP contribution in [0.1, 0.15) is 34.6 Å². The number of rotatable bonds is 7. The van der Waals surface area contributed by atoms with E-state index < -0.39 is 6.04 Å². The third-order valence-corrected chi connectivity index (χ3v) is 4.18. The molecule has 0 aliphatic rings. The van der Waals surface area contributed by atoms with Crippen molar-refractivity contribution in [2.24, 2.45) is 11.1 Å². The van der Waals surface area contributed by atoms with Crippen molar-refractivity contribution in [2.75, 3.05) is 25.0 Å². The molecule has 0 bridgehead atoms. The van der Waals surface area contributed by atoms with E-state index in [4.69, 9.17) is 22.1 Å². The predicted molar refractivity (Wildman–Crippen MR) is 101 cm³/mol. The summed E-state index contributed by atoms with van der Waals surface area (Å²) in [5.74, 6) is 0.00355. The predicted octanol–water partition coefficient (Wildman–Crippen LogP) is 2.90. The largest absolute Gasteiger partial charge is 0.482 e. The molecule has 6 nitrogen and oxygen atoms in total. The third-order valence-electron chi connectivity index (χ3n) is 3.88. The molecule has 0 aliphatic heterocycles. The van der Waals surface area contributed by atoms with E-state index in [0.29, 0.717) is 29.5 Å². The van der Waals surface area contributed by atoms with Gasteiger partial charge < -0.3 is 20.7 Å². The van der Waals surface area contributed by atoms with Crippen molar-refractivity contribution in [1.82, 2.24) is 4.90 Å². The highest BCUT2D eigenvalue weighted by Gasteiger charge is 2.27. The standard InChI is InChI=1S/C18H28ClN3O3/c1-6-22(7-2)15(23)11-25-14-9-8-12(10-13(14)19)21-17(24)16(20)18(3,4)5/h8-10,16H,6-7,11,20H2,1-5H3,(H,21,24)/t16-/m1/s1. The van der Waals surface area contributed by atoms with Crippen LogP contribution >= 0.6 is 11.6 Å². The Morgan fingerprint density at radius 2 is 1.88 bits per heavy atom. The molecule has 0 radical (unpaired) electrons. The number of likely N-dealkylation sites (N-methyl/N-ethyl adjacent to an activating group) is 1. The van der Waals surface area contributed by atoms with E-state index in [0.717, 1.165) is 0 Å². The van der Waals surface area contributed by atoms with E-state index in [1.165, 1.54) is 0 Å². The molecule has 3 N–H and O–H groups in total. The number of nitrogens with zero attached hydrogens (tertiary/aromatic N) is 1. The molecule has 0 aliphatic carbocycles. The van der Waals surface area contributed by atoms with Gasteiger partial charge in [-0.3, -0.25) is 9.59 Å². The van der Waals surface area contributed by atoms with Crippen molar-refractivity contribution < 1.29 is 14.3 Å². The van der Waals surface area contributed by atoms with Gasteiger partial charge in [-0.1, -0.05) is 32.4 Å². The van der Waals surface area contributed by atoms with Gasteiger partial charge in [-0.25, -0.2) is 0 Å². The quantitative estimate of drug-likeness (QED) is 0.773. The molecule has 1 atom stereocenters. The number of hydrogen-bond donors (Lipinski definition) is 2. The summed E-state index contributed by atoms with van der Waals surface area (Å²) < 4.78 is 5.48. The van der Waals surface area contributed by atoms with Crippen LogP contribution in [0, 0.1) is 5.41 Å². The molecule has 140 valence electrons. The summed E-state index contributed by atoms with van der Waals surface area (Å²) in [6.07, 6.45) is 0. The van der Waals surface area contributed by atoms with Crippen molar-refractivity contribution in [3.8, 4) is 5.75 Å². The summed E-state index contributed by atoms with van der Waals surface area (Å²) in [5.41, 5.74) is 6.11. The Morgan fingerprint density at radius 1 is 1.28 bits per heavy atom. The molecule has 1 aromatic rings. The Bertz CT molecular complexity index is 610. The van der Waals surface area contributed by atoms with Crippen molar-refractivity contribution >= 4 is 29.1 Å². The van der Waals surface area contributed by atoms with Gasteiger partial charge in [0.1, 0.15) is 5.75 Å². The first kappa shape index (κ1) is 21.3. The molecule has 1 aromatic carbocycles. The van der Waals surface area contributed by atoms with Gasteiger partial charge >= 0.3 is 0 Å². The minimum Gasteiger partial charge on any atom is -0.482 e. The maximum absolute atomic E-state index is 12.2. The lowest BCUT2D eigenvalue weighted by Gasteiger charge is -2.25. The molecule has 0 spiro atoms. The molecule has 25 heavy (non-hydrogen) atoms. The molecule has 1 rings (SSSR count). The summed E-state index contributed by atoms with van der Waals surface area (Å²) >= 11 is 6.18. The van der Waals surface area contributed by atoms with Crippen LogP contribution in [0.25, 0.3) is 0 Å². The Balaban J connectivity index is 2.71. The maximum Gasteiger partial charge on any atom is 0.260 e. The van der Waals surface area contributed by atoms with Crippen LogP contribution in [0.5, 0.6) is 5.75 Å². The van der Waals surface area contributed by atoms with Gasteiger partial charge in [-0.15, -0.1) is 0 Å². The summed E-state index contributed by atoms with van der Waals surface area (Å²) in [5, 5.41) is 3.05. The minimum absolute atomic E-state index is 0.0813. The lowest BCUT2D eigenvalue weighted by Crippen LogP contribution is -2.45. The van der Waals surface area contributed by atoms with Crippen LogP contribution in [0.15, 0.2) is 18.2 Å². The second-order valence-corrected chi connectivity index (χ2v) is 7.24. The summed E-state index contributed by atoms with van der Waals surface area (Å²) in [7, 11) is 0. The fourth-order valence-corrected chi connectivity index (χ4v) is 2.35. The number of nitrogens with one attached hydrogen (secondary N) is 1. The van der Waals surface area contributed by atoms with Gasteiger partial charge in [-0.2, -0.15) is 0 Å². The Hall–Kier alpha value is -1.79. The van der Waals surface area contributed by atoms with Gasteiger partial charge in [-0.05, 0) is 37.5 Å². The number of nitrogens with two attached hydrogens (primary N) is 1. The summed E-state index contributed by atoms with van der Waals surface area (Å²) in [6.45, 7) is 10.7. The molecule has 7 heteroatoms. The van der Waals surface area contributed by atoms with E-state index >= 15 is 0 Å². The van der Waals surface area contributed by atoms with Crippen LogP contribution in [0.2, 0.25) is 5.02 Å². The first-order chi connectivity index (χ1) is 11.6. The second kappa shape index (κ2) is 9.06. The monoisotopic (exact) mass is 369 g/mol. The third kappa shape index (κ3) is 6.21. The first-order valence-corrected chi connectivity index (χ1v) is 8.74. The number of benzene rings is 1. The Morgan fingerprint density at radius 3 is 2.36 bits per heavy atom. The fraction of sp³-hybridized carbons (Fsp3) is 0.556. The number of ether oxygens (including phenoxy) is 1. The van der Waals surface area contributed by atoms with Crippen LogP contribution < -0.4 is 15.8 Å². The lowest BCUT2D eigenvalue weighted by molar-refractivity contribution is -0.133. The zero-order valence-corrected chi connectivity index (χ0v) is 16.3. The fourth-order valence-electron chi connectivity index (χ4n) is 2.12. The van der Waals surface area contributed by atoms with E-state index in [-0.39, 0.29) is 23.8 Å². The zero-order valence-electron chi connectivity index (χ0n) is 15.6. The van der Waals surface area contributed by atoms with Gasteiger partial charge in [0.05, 0.1) is 11.1 Å². The molecular formula is C18H28ClN3O3. The molecule has 0 aromatic heterocycles. The lowest BCUT2D eigenvalue weighted by atomic mass is 9.87. The van der Waals surface area contributed by atoms with Crippen molar-refractivity contribution in [3.63, 3.8) is 0 Å². The molecule has 0 saturated carbocycles. The number of hydrogen-bond acceptors (Lipinski definition) is 4. The van der Waals surface area contributed by atoms with Crippen LogP contribution in [0.3, 0.4) is 0 Å². The van der Waals surface area contributed by atoms with Crippen LogP contribution in [-0.2, 0) is 9.59 Å². The number of carbonyl (C=O) groups excluding carboxylic acids is 2. The smallest absolute Gasteiger partial charge is 0.260 e. The molecule has 0 fully saturated rings. The highest BCUT2D eigenvalue weighted by Crippen LogP contribution is 2.28. The highest BCUT2D eigenvalue weighted by molar-refractivity contribution is 6.32. The topological polar surface area (TPSA) is 84.7 Å². The number of anilines is 1. The number of halogens is 1. The van der Waals surface area contributed by atoms with Crippen molar-refractivity contribution in [2.45, 2.75) is 40.7 Å². The van der Waals surface area contributed by atoms with Crippen LogP contribution in [-0.4, -0.2) is 42.5 Å². The van der Waals surface area contributed by atoms with E-state index in [1.54, 1.807) is 23.1 Å². The van der Waals surface area contributed by atoms with Gasteiger partial charge in [0.2, 0.25) is 5.91 Å². The van der Waals surface area contributed by atoms with Crippen LogP contribution in [0.4, 0.5) is 5.69 Å². The molecule has 2 amide bonds. The molecule has 0 heterocycles. The minimum atomic E-state index is -0.645. The average Bonchev–Trinajstić information content (AvgIpc) is 2.53. The van der Waals surface area contributed by atoms with Gasteiger partial charge in [0.15, 0.2) is 6.61 Å². The molecule has 0 unspecified atom stereocenters. The van der Waals surface area contributed by atoms with Crippen molar-refractivity contribution in [3.05, 3.63) is 23.2 Å². The summed E-state index contributed by atoms with van der Waals surface area (Å²) in [6, 6.07) is 4.22. The number of amides is 2. The Kier molecular flexibility index (Phi) is 7.70. The SMILES string of the molecule is CCN(CC)C(=O)COc1ccc(NC(=O)[C@@H](N)C(C)(C)C)cc1Cl. The second-order valence-electron chi connectivity index (χ2n) is 6.83. The average molecular weight is 370 g/mol. The normalized spacial score (nSPS) is 12.4. The van der Waals surface area contributed by atoms with E-state index in [9.17, 15) is 9.59 Å². The van der Waals surface area contributed by atoms with E-state index in [1.807, 2.05) is 34.6 Å².